The van der Waals surface area contributed by atoms with Crippen LogP contribution in [0.1, 0.15) is 18.9 Å². The van der Waals surface area contributed by atoms with Gasteiger partial charge in [-0.2, -0.15) is 5.10 Å². The summed E-state index contributed by atoms with van der Waals surface area (Å²) in [4.78, 5) is 8.77. The number of piperidine rings is 1. The molecule has 10 heteroatoms. The number of nitrogens with one attached hydrogen (secondary N) is 1. The molecule has 0 unspecified atom stereocenters. The van der Waals surface area contributed by atoms with Gasteiger partial charge < -0.3 is 15.5 Å². The molecule has 154 valence electrons. The van der Waals surface area contributed by atoms with Crippen molar-refractivity contribution in [3.05, 3.63) is 45.7 Å². The second-order valence-corrected chi connectivity index (χ2v) is 8.36. The fraction of sp³-hybridized carbons (Fsp3) is 0.250. The summed E-state index contributed by atoms with van der Waals surface area (Å²) in [7, 11) is 0. The van der Waals surface area contributed by atoms with Gasteiger partial charge >= 0.3 is 0 Å². The van der Waals surface area contributed by atoms with Crippen LogP contribution in [0.2, 0.25) is 15.1 Å². The first-order valence-electron chi connectivity index (χ1n) is 9.47. The van der Waals surface area contributed by atoms with E-state index < -0.39 is 0 Å². The largest absolute Gasteiger partial charge is 0.434 e. The molecule has 0 radical (unpaired) electrons. The fourth-order valence-corrected chi connectivity index (χ4v) is 4.33. The molecular weight excluding hydrogens is 447 g/mol. The number of nitrogens with two attached hydrogens (primary N) is 1. The second kappa shape index (κ2) is 7.74. The number of oxazole rings is 1. The van der Waals surface area contributed by atoms with E-state index in [9.17, 15) is 0 Å². The average molecular weight is 464 g/mol. The van der Waals surface area contributed by atoms with Gasteiger partial charge in [0.05, 0.1) is 32.4 Å². The van der Waals surface area contributed by atoms with Gasteiger partial charge in [-0.15, -0.1) is 0 Å². The van der Waals surface area contributed by atoms with Crippen LogP contribution in [-0.4, -0.2) is 32.8 Å². The average Bonchev–Trinajstić information content (AvgIpc) is 3.41. The minimum atomic E-state index is 0.265. The maximum atomic E-state index is 6.27. The Hall–Kier alpha value is -2.32. The number of hydrogen-bond donors (Lipinski definition) is 2. The SMILES string of the molecule is Nc1ncc(-c2ccn(C3CCNCC3)n2)cc1-c1nc2c(Cl)c(Cl)cc(Cl)c2o1. The van der Waals surface area contributed by atoms with Crippen molar-refractivity contribution in [1.29, 1.82) is 0 Å². The Morgan fingerprint density at radius 3 is 2.73 bits per heavy atom. The lowest BCUT2D eigenvalue weighted by molar-refractivity contribution is 0.343. The van der Waals surface area contributed by atoms with Crippen LogP contribution < -0.4 is 11.1 Å². The minimum Gasteiger partial charge on any atom is -0.434 e. The maximum absolute atomic E-state index is 6.27. The minimum absolute atomic E-state index is 0.265. The van der Waals surface area contributed by atoms with E-state index in [1.54, 1.807) is 6.20 Å². The van der Waals surface area contributed by atoms with Gasteiger partial charge in [-0.25, -0.2) is 9.97 Å². The summed E-state index contributed by atoms with van der Waals surface area (Å²) in [6, 6.07) is 5.74. The van der Waals surface area contributed by atoms with Crippen molar-refractivity contribution in [1.82, 2.24) is 25.1 Å². The number of rotatable bonds is 3. The van der Waals surface area contributed by atoms with Crippen molar-refractivity contribution in [3.8, 4) is 22.7 Å². The van der Waals surface area contributed by atoms with Gasteiger partial charge in [0.1, 0.15) is 11.3 Å². The van der Waals surface area contributed by atoms with Crippen LogP contribution in [0.5, 0.6) is 0 Å². The predicted octanol–water partition coefficient (Wildman–Crippen LogP) is 5.22. The number of fused-ring (bicyclic) bond motifs is 1. The van der Waals surface area contributed by atoms with Crippen LogP contribution in [0.3, 0.4) is 0 Å². The first-order chi connectivity index (χ1) is 14.5. The van der Waals surface area contributed by atoms with Gasteiger partial charge in [0.15, 0.2) is 5.58 Å². The molecule has 30 heavy (non-hydrogen) atoms. The molecule has 0 spiro atoms. The molecule has 4 heterocycles. The number of nitrogen functional groups attached to an aromatic ring is 1. The van der Waals surface area contributed by atoms with Gasteiger partial charge in [0.25, 0.3) is 0 Å². The summed E-state index contributed by atoms with van der Waals surface area (Å²) in [6.45, 7) is 2.00. The summed E-state index contributed by atoms with van der Waals surface area (Å²) in [6.07, 6.45) is 5.80. The van der Waals surface area contributed by atoms with E-state index in [4.69, 9.17) is 50.1 Å². The topological polar surface area (TPSA) is 94.8 Å². The van der Waals surface area contributed by atoms with E-state index in [0.717, 1.165) is 37.2 Å². The van der Waals surface area contributed by atoms with Crippen molar-refractivity contribution in [2.24, 2.45) is 0 Å². The third-order valence-electron chi connectivity index (χ3n) is 5.25. The first-order valence-corrected chi connectivity index (χ1v) is 10.6. The van der Waals surface area contributed by atoms with E-state index in [0.29, 0.717) is 32.8 Å². The highest BCUT2D eigenvalue weighted by Gasteiger charge is 2.20. The zero-order valence-corrected chi connectivity index (χ0v) is 18.0. The Kier molecular flexibility index (Phi) is 5.06. The van der Waals surface area contributed by atoms with Gasteiger partial charge in [-0.05, 0) is 44.1 Å². The second-order valence-electron chi connectivity index (χ2n) is 7.17. The maximum Gasteiger partial charge on any atom is 0.231 e. The van der Waals surface area contributed by atoms with Gasteiger partial charge in [0.2, 0.25) is 5.89 Å². The predicted molar refractivity (Wildman–Crippen MR) is 119 cm³/mol. The van der Waals surface area contributed by atoms with E-state index in [1.807, 2.05) is 23.0 Å². The van der Waals surface area contributed by atoms with E-state index in [2.05, 4.69) is 15.3 Å². The summed E-state index contributed by atoms with van der Waals surface area (Å²) < 4.78 is 7.88. The molecular formula is C20H17Cl3N6O. The number of benzene rings is 1. The third-order valence-corrected chi connectivity index (χ3v) is 6.31. The Morgan fingerprint density at radius 1 is 1.13 bits per heavy atom. The molecule has 3 aromatic heterocycles. The fourth-order valence-electron chi connectivity index (χ4n) is 3.65. The Bertz CT molecular complexity index is 1250. The summed E-state index contributed by atoms with van der Waals surface area (Å²) in [5, 5.41) is 9.01. The molecule has 1 aliphatic heterocycles. The van der Waals surface area contributed by atoms with Crippen molar-refractivity contribution in [2.75, 3.05) is 18.8 Å². The molecule has 7 nitrogen and oxygen atoms in total. The number of nitrogens with zero attached hydrogens (tertiary/aromatic N) is 4. The smallest absolute Gasteiger partial charge is 0.231 e. The highest BCUT2D eigenvalue weighted by molar-refractivity contribution is 6.47. The molecule has 3 N–H and O–H groups in total. The van der Waals surface area contributed by atoms with Crippen LogP contribution >= 0.6 is 34.8 Å². The highest BCUT2D eigenvalue weighted by Crippen LogP contribution is 2.39. The lowest BCUT2D eigenvalue weighted by Gasteiger charge is -2.22. The van der Waals surface area contributed by atoms with Gasteiger partial charge in [-0.1, -0.05) is 34.8 Å². The van der Waals surface area contributed by atoms with Gasteiger partial charge in [0, 0.05) is 18.0 Å². The van der Waals surface area contributed by atoms with Gasteiger partial charge in [-0.3, -0.25) is 4.68 Å². The van der Waals surface area contributed by atoms with Crippen molar-refractivity contribution >= 4 is 51.7 Å². The number of anilines is 1. The van der Waals surface area contributed by atoms with Crippen molar-refractivity contribution < 1.29 is 4.42 Å². The monoisotopic (exact) mass is 462 g/mol. The third kappa shape index (κ3) is 3.41. The number of aromatic nitrogens is 4. The van der Waals surface area contributed by atoms with Crippen molar-refractivity contribution in [3.63, 3.8) is 0 Å². The number of hydrogen-bond acceptors (Lipinski definition) is 6. The van der Waals surface area contributed by atoms with Crippen LogP contribution in [0.25, 0.3) is 33.8 Å². The zero-order valence-electron chi connectivity index (χ0n) is 15.7. The van der Waals surface area contributed by atoms with E-state index >= 15 is 0 Å². The molecule has 0 bridgehead atoms. The first kappa shape index (κ1) is 19.6. The molecule has 1 aromatic carbocycles. The molecule has 1 saturated heterocycles. The Balaban J connectivity index is 1.55. The molecule has 4 aromatic rings. The number of halogens is 3. The Morgan fingerprint density at radius 2 is 1.93 bits per heavy atom. The molecule has 0 saturated carbocycles. The lowest BCUT2D eigenvalue weighted by atomic mass is 10.1. The zero-order chi connectivity index (χ0) is 20.8. The quantitative estimate of drug-likeness (QED) is 0.404. The highest BCUT2D eigenvalue weighted by atomic mass is 35.5. The van der Waals surface area contributed by atoms with Crippen LogP contribution in [0, 0.1) is 0 Å². The number of pyridine rings is 1. The molecule has 1 aliphatic rings. The summed E-state index contributed by atoms with van der Waals surface area (Å²) in [5.74, 6) is 0.544. The van der Waals surface area contributed by atoms with E-state index in [1.165, 1.54) is 6.07 Å². The standard InChI is InChI=1S/C20H17Cl3N6O/c21-13-8-14(22)18-17(16(13)23)27-20(30-18)12-7-10(9-26-19(12)24)15-3-6-29(28-15)11-1-4-25-5-2-11/h3,6-9,11,25H,1-2,4-5H2,(H2,24,26). The summed E-state index contributed by atoms with van der Waals surface area (Å²) >= 11 is 18.6. The normalized spacial score (nSPS) is 15.2. The van der Waals surface area contributed by atoms with Crippen LogP contribution in [-0.2, 0) is 0 Å². The Labute approximate surface area is 187 Å². The molecule has 0 amide bonds. The van der Waals surface area contributed by atoms with E-state index in [-0.39, 0.29) is 16.7 Å². The van der Waals surface area contributed by atoms with Crippen LogP contribution in [0.4, 0.5) is 5.82 Å². The lowest BCUT2D eigenvalue weighted by Crippen LogP contribution is -2.29. The molecule has 0 atom stereocenters. The molecule has 0 aliphatic carbocycles. The molecule has 5 rings (SSSR count). The summed E-state index contributed by atoms with van der Waals surface area (Å²) in [5.41, 5.74) is 8.98. The van der Waals surface area contributed by atoms with Crippen LogP contribution in [0.15, 0.2) is 35.0 Å². The van der Waals surface area contributed by atoms with Crippen molar-refractivity contribution in [2.45, 2.75) is 18.9 Å². The molecule has 1 fully saturated rings.